The van der Waals surface area contributed by atoms with Crippen LogP contribution < -0.4 is 10.6 Å². The van der Waals surface area contributed by atoms with Crippen molar-refractivity contribution in [3.8, 4) is 0 Å². The molecule has 0 unspecified atom stereocenters. The highest BCUT2D eigenvalue weighted by molar-refractivity contribution is 6.42. The molecule has 1 heterocycles. The quantitative estimate of drug-likeness (QED) is 0.522. The average Bonchev–Trinajstić information content (AvgIpc) is 3.01. The molecule has 0 saturated heterocycles. The predicted octanol–water partition coefficient (Wildman–Crippen LogP) is 4.29. The van der Waals surface area contributed by atoms with Gasteiger partial charge < -0.3 is 20.7 Å². The van der Waals surface area contributed by atoms with Crippen molar-refractivity contribution >= 4 is 51.8 Å². The van der Waals surface area contributed by atoms with E-state index in [0.29, 0.717) is 10.7 Å². The molecule has 3 aromatic rings. The van der Waals surface area contributed by atoms with Crippen LogP contribution >= 0.6 is 23.2 Å². The van der Waals surface area contributed by atoms with Crippen molar-refractivity contribution in [3.05, 3.63) is 64.3 Å². The van der Waals surface area contributed by atoms with Crippen LogP contribution in [0.2, 0.25) is 10.0 Å². The Labute approximate surface area is 159 Å². The number of aromatic amines is 1. The number of carboxylic acids is 1. The number of H-pyrrole nitrogens is 1. The number of hydrogen-bond acceptors (Lipinski definition) is 2. The Kier molecular flexibility index (Phi) is 5.35. The third-order valence-electron chi connectivity index (χ3n) is 3.88. The molecular formula is C18H15Cl2N3O3. The molecule has 2 amide bonds. The minimum atomic E-state index is -1.13. The number of halogens is 2. The molecule has 2 aromatic carbocycles. The number of carboxylic acid groups (broad SMARTS) is 1. The van der Waals surface area contributed by atoms with Crippen LogP contribution in [0.25, 0.3) is 10.9 Å². The molecule has 26 heavy (non-hydrogen) atoms. The normalized spacial score (nSPS) is 11.9. The fraction of sp³-hybridized carbons (Fsp3) is 0.111. The molecule has 0 bridgehead atoms. The first-order valence-electron chi connectivity index (χ1n) is 7.74. The number of carbonyl (C=O) groups is 2. The summed E-state index contributed by atoms with van der Waals surface area (Å²) in [4.78, 5) is 26.8. The number of benzene rings is 2. The Balaban J connectivity index is 1.71. The molecule has 1 atom stereocenters. The molecule has 0 aliphatic carbocycles. The highest BCUT2D eigenvalue weighted by atomic mass is 35.5. The highest BCUT2D eigenvalue weighted by Gasteiger charge is 2.22. The van der Waals surface area contributed by atoms with E-state index in [1.165, 1.54) is 6.07 Å². The summed E-state index contributed by atoms with van der Waals surface area (Å²) >= 11 is 11.7. The van der Waals surface area contributed by atoms with Crippen molar-refractivity contribution < 1.29 is 14.7 Å². The summed E-state index contributed by atoms with van der Waals surface area (Å²) in [5, 5.41) is 16.0. The number of aliphatic carboxylic acids is 1. The van der Waals surface area contributed by atoms with Gasteiger partial charge in [0.25, 0.3) is 0 Å². The molecule has 0 radical (unpaired) electrons. The van der Waals surface area contributed by atoms with Crippen LogP contribution in [0.15, 0.2) is 48.7 Å². The van der Waals surface area contributed by atoms with Gasteiger partial charge in [0.05, 0.1) is 10.0 Å². The monoisotopic (exact) mass is 391 g/mol. The number of amides is 2. The number of aromatic nitrogens is 1. The van der Waals surface area contributed by atoms with Crippen molar-refractivity contribution in [2.75, 3.05) is 5.32 Å². The number of anilines is 1. The van der Waals surface area contributed by atoms with E-state index < -0.39 is 18.0 Å². The second kappa shape index (κ2) is 7.68. The van der Waals surface area contributed by atoms with Crippen LogP contribution in [0.1, 0.15) is 5.56 Å². The number of carbonyl (C=O) groups excluding carboxylic acids is 1. The zero-order valence-electron chi connectivity index (χ0n) is 13.4. The summed E-state index contributed by atoms with van der Waals surface area (Å²) in [7, 11) is 0. The van der Waals surface area contributed by atoms with Gasteiger partial charge in [0, 0.05) is 29.2 Å². The van der Waals surface area contributed by atoms with Gasteiger partial charge in [-0.2, -0.15) is 0 Å². The maximum absolute atomic E-state index is 12.1. The number of fused-ring (bicyclic) bond motifs is 1. The molecule has 8 heteroatoms. The molecule has 3 rings (SSSR count). The highest BCUT2D eigenvalue weighted by Crippen LogP contribution is 2.25. The van der Waals surface area contributed by atoms with E-state index in [2.05, 4.69) is 15.6 Å². The van der Waals surface area contributed by atoms with Crippen LogP contribution in [0.4, 0.5) is 10.5 Å². The van der Waals surface area contributed by atoms with Gasteiger partial charge >= 0.3 is 12.0 Å². The Bertz CT molecular complexity index is 971. The van der Waals surface area contributed by atoms with Gasteiger partial charge in [0.15, 0.2) is 0 Å². The van der Waals surface area contributed by atoms with Gasteiger partial charge in [-0.15, -0.1) is 0 Å². The summed E-state index contributed by atoms with van der Waals surface area (Å²) in [6.07, 6.45) is 1.90. The molecule has 1 aromatic heterocycles. The fourth-order valence-corrected chi connectivity index (χ4v) is 2.92. The lowest BCUT2D eigenvalue weighted by molar-refractivity contribution is -0.139. The maximum atomic E-state index is 12.1. The zero-order valence-corrected chi connectivity index (χ0v) is 14.9. The Morgan fingerprint density at radius 3 is 2.62 bits per heavy atom. The first-order valence-corrected chi connectivity index (χ1v) is 8.50. The summed E-state index contributed by atoms with van der Waals surface area (Å²) in [6, 6.07) is 10.4. The predicted molar refractivity (Wildman–Crippen MR) is 102 cm³/mol. The average molecular weight is 392 g/mol. The Morgan fingerprint density at radius 2 is 1.88 bits per heavy atom. The van der Waals surface area contributed by atoms with E-state index in [4.69, 9.17) is 23.2 Å². The summed E-state index contributed by atoms with van der Waals surface area (Å²) < 4.78 is 0. The second-order valence-corrected chi connectivity index (χ2v) is 6.50. The SMILES string of the molecule is O=C(Nc1ccc(Cl)c(Cl)c1)N[C@@H](Cc1c[nH]c2ccccc12)C(=O)O. The van der Waals surface area contributed by atoms with E-state index in [1.54, 1.807) is 18.3 Å². The molecular weight excluding hydrogens is 377 g/mol. The van der Waals surface area contributed by atoms with Gasteiger partial charge in [-0.25, -0.2) is 9.59 Å². The standard InChI is InChI=1S/C18H15Cl2N3O3/c19-13-6-5-11(8-14(13)20)22-18(26)23-16(17(24)25)7-10-9-21-15-4-2-1-3-12(10)15/h1-6,8-9,16,21H,7H2,(H,24,25)(H2,22,23,26)/t16-/m0/s1. The first kappa shape index (κ1) is 18.1. The molecule has 0 saturated carbocycles. The maximum Gasteiger partial charge on any atom is 0.326 e. The van der Waals surface area contributed by atoms with E-state index in [0.717, 1.165) is 16.5 Å². The zero-order chi connectivity index (χ0) is 18.7. The number of nitrogens with one attached hydrogen (secondary N) is 3. The van der Waals surface area contributed by atoms with Crippen LogP contribution in [-0.2, 0) is 11.2 Å². The Hall–Kier alpha value is -2.70. The molecule has 0 aliphatic heterocycles. The van der Waals surface area contributed by atoms with Crippen molar-refractivity contribution in [1.82, 2.24) is 10.3 Å². The van der Waals surface area contributed by atoms with Crippen molar-refractivity contribution in [2.24, 2.45) is 0 Å². The summed E-state index contributed by atoms with van der Waals surface area (Å²) in [5.74, 6) is -1.13. The van der Waals surface area contributed by atoms with Gasteiger partial charge in [-0.1, -0.05) is 41.4 Å². The fourth-order valence-electron chi connectivity index (χ4n) is 2.62. The van der Waals surface area contributed by atoms with Gasteiger partial charge in [-0.3, -0.25) is 0 Å². The molecule has 134 valence electrons. The number of urea groups is 1. The first-order chi connectivity index (χ1) is 12.4. The van der Waals surface area contributed by atoms with Gasteiger partial charge in [0.1, 0.15) is 6.04 Å². The van der Waals surface area contributed by atoms with Crippen LogP contribution in [0.3, 0.4) is 0 Å². The van der Waals surface area contributed by atoms with E-state index in [1.807, 2.05) is 24.3 Å². The minimum Gasteiger partial charge on any atom is -0.480 e. The lowest BCUT2D eigenvalue weighted by atomic mass is 10.1. The molecule has 0 fully saturated rings. The van der Waals surface area contributed by atoms with Crippen molar-refractivity contribution in [3.63, 3.8) is 0 Å². The lowest BCUT2D eigenvalue weighted by Gasteiger charge is -2.15. The van der Waals surface area contributed by atoms with Gasteiger partial charge in [0.2, 0.25) is 0 Å². The number of para-hydroxylation sites is 1. The van der Waals surface area contributed by atoms with Crippen LogP contribution in [0.5, 0.6) is 0 Å². The second-order valence-electron chi connectivity index (χ2n) is 5.68. The smallest absolute Gasteiger partial charge is 0.326 e. The van der Waals surface area contributed by atoms with Crippen LogP contribution in [-0.4, -0.2) is 28.1 Å². The summed E-state index contributed by atoms with van der Waals surface area (Å²) in [5.41, 5.74) is 2.13. The lowest BCUT2D eigenvalue weighted by Crippen LogP contribution is -2.44. The minimum absolute atomic E-state index is 0.147. The van der Waals surface area contributed by atoms with E-state index >= 15 is 0 Å². The third kappa shape index (κ3) is 4.09. The molecule has 0 aliphatic rings. The van der Waals surface area contributed by atoms with Crippen molar-refractivity contribution in [2.45, 2.75) is 12.5 Å². The largest absolute Gasteiger partial charge is 0.480 e. The summed E-state index contributed by atoms with van der Waals surface area (Å²) in [6.45, 7) is 0. The molecule has 6 nitrogen and oxygen atoms in total. The topological polar surface area (TPSA) is 94.2 Å². The number of rotatable bonds is 5. The number of hydrogen-bond donors (Lipinski definition) is 4. The van der Waals surface area contributed by atoms with E-state index in [-0.39, 0.29) is 11.4 Å². The third-order valence-corrected chi connectivity index (χ3v) is 4.62. The van der Waals surface area contributed by atoms with E-state index in [9.17, 15) is 14.7 Å². The molecule has 0 spiro atoms. The van der Waals surface area contributed by atoms with Gasteiger partial charge in [-0.05, 0) is 29.8 Å². The Morgan fingerprint density at radius 1 is 1.12 bits per heavy atom. The van der Waals surface area contributed by atoms with Crippen LogP contribution in [0, 0.1) is 0 Å². The van der Waals surface area contributed by atoms with Crippen molar-refractivity contribution in [1.29, 1.82) is 0 Å². The molecule has 4 N–H and O–H groups in total.